The van der Waals surface area contributed by atoms with Gasteiger partial charge in [0.1, 0.15) is 11.3 Å². The minimum Gasteiger partial charge on any atom is -0.381 e. The van der Waals surface area contributed by atoms with Gasteiger partial charge in [-0.2, -0.15) is 0 Å². The summed E-state index contributed by atoms with van der Waals surface area (Å²) in [6, 6.07) is 8.64. The predicted molar refractivity (Wildman–Crippen MR) is 167 cm³/mol. The third-order valence-corrected chi connectivity index (χ3v) is 9.27. The number of aromatic nitrogens is 1. The Morgan fingerprint density at radius 1 is 1.12 bits per heavy atom. The number of hydrogen-bond donors (Lipinski definition) is 0. The molecule has 2 aliphatic rings. The van der Waals surface area contributed by atoms with Crippen LogP contribution in [0.15, 0.2) is 29.6 Å². The molecule has 0 N–H and O–H groups in total. The number of rotatable bonds is 16. The lowest BCUT2D eigenvalue weighted by Crippen LogP contribution is -2.70. The lowest BCUT2D eigenvalue weighted by Gasteiger charge is -2.54. The Morgan fingerprint density at radius 3 is 2.53 bits per heavy atom. The summed E-state index contributed by atoms with van der Waals surface area (Å²) in [4.78, 5) is 36.2. The predicted octanol–water partition coefficient (Wildman–Crippen LogP) is 3.45. The van der Waals surface area contributed by atoms with Crippen molar-refractivity contribution in [2.45, 2.75) is 57.8 Å². The molecule has 2 aliphatic heterocycles. The molecule has 1 aromatic carbocycles. The Balaban J connectivity index is 1.14. The van der Waals surface area contributed by atoms with Crippen LogP contribution in [0.1, 0.15) is 59.7 Å². The summed E-state index contributed by atoms with van der Waals surface area (Å²) in [7, 11) is 3.14. The van der Waals surface area contributed by atoms with Crippen molar-refractivity contribution in [1.29, 1.82) is 0 Å². The Hall–Kier alpha value is -2.41. The molecular weight excluding hydrogens is 568 g/mol. The molecule has 0 unspecified atom stereocenters. The number of ether oxygens (including phenoxy) is 4. The van der Waals surface area contributed by atoms with E-state index in [1.165, 1.54) is 11.1 Å². The van der Waals surface area contributed by atoms with Gasteiger partial charge >= 0.3 is 0 Å². The van der Waals surface area contributed by atoms with Crippen molar-refractivity contribution in [2.75, 3.05) is 79.9 Å². The number of hydrogen-bond acceptors (Lipinski definition) is 9. The zero-order valence-corrected chi connectivity index (χ0v) is 27.2. The third kappa shape index (κ3) is 9.29. The highest BCUT2D eigenvalue weighted by Gasteiger charge is 2.48. The van der Waals surface area contributed by atoms with Crippen molar-refractivity contribution >= 4 is 23.2 Å². The molecule has 0 bridgehead atoms. The molecule has 0 radical (unpaired) electrons. The van der Waals surface area contributed by atoms with Gasteiger partial charge in [-0.25, -0.2) is 4.98 Å². The van der Waals surface area contributed by atoms with E-state index in [9.17, 15) is 9.59 Å². The van der Waals surface area contributed by atoms with Crippen molar-refractivity contribution in [3.8, 4) is 0 Å². The number of methoxy groups -OCH3 is 2. The van der Waals surface area contributed by atoms with Crippen molar-refractivity contribution in [1.82, 2.24) is 19.7 Å². The maximum absolute atomic E-state index is 13.1. The molecule has 238 valence electrons. The van der Waals surface area contributed by atoms with Gasteiger partial charge in [-0.05, 0) is 30.9 Å². The number of thiazole rings is 1. The van der Waals surface area contributed by atoms with Crippen molar-refractivity contribution in [3.05, 3.63) is 51.5 Å². The van der Waals surface area contributed by atoms with Crippen LogP contribution < -0.4 is 0 Å². The molecule has 4 rings (SSSR count). The lowest BCUT2D eigenvalue weighted by molar-refractivity contribution is -0.176. The van der Waals surface area contributed by atoms with Crippen LogP contribution in [0, 0.1) is 0 Å². The quantitative estimate of drug-likeness (QED) is 0.209. The topological polar surface area (TPSA) is 93.7 Å². The summed E-state index contributed by atoms with van der Waals surface area (Å²) in [6.45, 7) is 12.5. The van der Waals surface area contributed by atoms with Gasteiger partial charge in [0.15, 0.2) is 6.29 Å². The van der Waals surface area contributed by atoms with E-state index >= 15 is 0 Å². The van der Waals surface area contributed by atoms with Crippen molar-refractivity contribution in [3.63, 3.8) is 0 Å². The average Bonchev–Trinajstić information content (AvgIpc) is 3.50. The molecule has 0 saturated carbocycles. The Morgan fingerprint density at radius 2 is 1.86 bits per heavy atom. The first-order valence-corrected chi connectivity index (χ1v) is 16.2. The molecule has 43 heavy (non-hydrogen) atoms. The normalized spacial score (nSPS) is 16.7. The van der Waals surface area contributed by atoms with E-state index in [2.05, 4.69) is 48.0 Å². The van der Waals surface area contributed by atoms with E-state index in [0.29, 0.717) is 64.0 Å². The number of nitrogens with zero attached hydrogens (tertiary/aromatic N) is 4. The maximum atomic E-state index is 13.1. The lowest BCUT2D eigenvalue weighted by atomic mass is 9.91. The molecule has 2 saturated heterocycles. The van der Waals surface area contributed by atoms with Gasteiger partial charge in [-0.1, -0.05) is 38.1 Å². The fourth-order valence-electron chi connectivity index (χ4n) is 5.62. The first-order chi connectivity index (χ1) is 20.8. The van der Waals surface area contributed by atoms with E-state index in [4.69, 9.17) is 18.9 Å². The van der Waals surface area contributed by atoms with E-state index in [1.807, 2.05) is 17.2 Å². The summed E-state index contributed by atoms with van der Waals surface area (Å²) in [5.74, 6) is 0.379. The zero-order chi connectivity index (χ0) is 30.8. The van der Waals surface area contributed by atoms with Crippen LogP contribution in [0.5, 0.6) is 0 Å². The summed E-state index contributed by atoms with van der Waals surface area (Å²) >= 11 is 1.56. The number of morpholine rings is 1. The van der Waals surface area contributed by atoms with Crippen LogP contribution >= 0.6 is 11.3 Å². The highest BCUT2D eigenvalue weighted by atomic mass is 32.1. The van der Waals surface area contributed by atoms with Crippen LogP contribution in [0.3, 0.4) is 0 Å². The molecule has 2 aromatic rings. The van der Waals surface area contributed by atoms with Crippen LogP contribution in [0.2, 0.25) is 0 Å². The Bertz CT molecular complexity index is 1180. The van der Waals surface area contributed by atoms with Crippen LogP contribution in [-0.4, -0.2) is 123 Å². The van der Waals surface area contributed by atoms with Gasteiger partial charge in [0, 0.05) is 58.2 Å². The van der Waals surface area contributed by atoms with Crippen molar-refractivity contribution in [2.24, 2.45) is 0 Å². The van der Waals surface area contributed by atoms with Gasteiger partial charge in [0.2, 0.25) is 5.91 Å². The summed E-state index contributed by atoms with van der Waals surface area (Å²) in [5.41, 5.74) is 2.82. The van der Waals surface area contributed by atoms with Gasteiger partial charge < -0.3 is 28.7 Å². The average molecular weight is 617 g/mol. The molecular formula is C32H48N4O6S. The first-order valence-electron chi connectivity index (χ1n) is 15.4. The number of benzene rings is 1. The molecule has 10 nitrogen and oxygen atoms in total. The van der Waals surface area contributed by atoms with E-state index in [1.54, 1.807) is 30.5 Å². The number of carbonyl (C=O) groups is 2. The standard InChI is InChI=1S/C32H48N4O6S/c1-6-35(19-29(39-4)40-5)28(37)12-16-41-15-11-26-9-7-8-25(18-26)10-13-34-21-32(22-34)23-36(14-17-42-32)31(38)27-20-43-30(33-27)24(2)3/h7-9,18,20,24,29H,6,10-17,19,21-23H2,1-5H3. The number of likely N-dealkylation sites (tertiary alicyclic amines) is 1. The molecule has 2 amide bonds. The monoisotopic (exact) mass is 616 g/mol. The molecule has 0 aliphatic carbocycles. The maximum Gasteiger partial charge on any atom is 0.273 e. The number of amides is 2. The molecule has 1 spiro atoms. The largest absolute Gasteiger partial charge is 0.381 e. The summed E-state index contributed by atoms with van der Waals surface area (Å²) < 4.78 is 22.4. The van der Waals surface area contributed by atoms with Crippen LogP contribution in [0.4, 0.5) is 0 Å². The zero-order valence-electron chi connectivity index (χ0n) is 26.4. The summed E-state index contributed by atoms with van der Waals surface area (Å²) in [5, 5.41) is 2.89. The van der Waals surface area contributed by atoms with E-state index < -0.39 is 6.29 Å². The number of carbonyl (C=O) groups excluding carboxylic acids is 2. The fraction of sp³-hybridized carbons (Fsp3) is 0.656. The second-order valence-electron chi connectivity index (χ2n) is 11.7. The van der Waals surface area contributed by atoms with Gasteiger partial charge in [-0.3, -0.25) is 14.5 Å². The fourth-order valence-corrected chi connectivity index (χ4v) is 6.43. The number of likely N-dealkylation sites (N-methyl/N-ethyl adjacent to an activating group) is 1. The first kappa shape index (κ1) is 33.5. The van der Waals surface area contributed by atoms with Crippen LogP contribution in [-0.2, 0) is 36.6 Å². The van der Waals surface area contributed by atoms with Gasteiger partial charge in [0.25, 0.3) is 5.91 Å². The highest BCUT2D eigenvalue weighted by Crippen LogP contribution is 2.30. The van der Waals surface area contributed by atoms with Crippen LogP contribution in [0.25, 0.3) is 0 Å². The summed E-state index contributed by atoms with van der Waals surface area (Å²) in [6.07, 6.45) is 1.67. The second kappa shape index (κ2) is 16.1. The van der Waals surface area contributed by atoms with Crippen molar-refractivity contribution < 1.29 is 28.5 Å². The van der Waals surface area contributed by atoms with E-state index in [0.717, 1.165) is 37.5 Å². The molecule has 2 fully saturated rings. The molecule has 3 heterocycles. The smallest absolute Gasteiger partial charge is 0.273 e. The molecule has 1 aromatic heterocycles. The molecule has 11 heteroatoms. The van der Waals surface area contributed by atoms with Gasteiger partial charge in [-0.15, -0.1) is 11.3 Å². The minimum absolute atomic E-state index is 0.0156. The Labute approximate surface area is 260 Å². The van der Waals surface area contributed by atoms with E-state index in [-0.39, 0.29) is 17.4 Å². The second-order valence-corrected chi connectivity index (χ2v) is 12.6. The minimum atomic E-state index is -0.423. The highest BCUT2D eigenvalue weighted by molar-refractivity contribution is 7.09. The SMILES string of the molecule is CCN(CC(OC)OC)C(=O)CCOCCc1cccc(CCN2CC3(C2)CN(C(=O)c2csc(C(C)C)n2)CCO3)c1. The van der Waals surface area contributed by atoms with Gasteiger partial charge in [0.05, 0.1) is 44.3 Å². The molecule has 0 atom stereocenters. The third-order valence-electron chi connectivity index (χ3n) is 8.13. The Kier molecular flexibility index (Phi) is 12.5.